The normalized spacial score (nSPS) is 14.6. The van der Waals surface area contributed by atoms with E-state index in [2.05, 4.69) is 0 Å². The Morgan fingerprint density at radius 3 is 2.59 bits per heavy atom. The summed E-state index contributed by atoms with van der Waals surface area (Å²) in [6.45, 7) is 2.20. The average Bonchev–Trinajstić information content (AvgIpc) is 3.17. The van der Waals surface area contributed by atoms with Gasteiger partial charge in [0.15, 0.2) is 0 Å². The molecule has 0 saturated carbocycles. The predicted molar refractivity (Wildman–Crippen MR) is 116 cm³/mol. The molecule has 0 fully saturated rings. The number of aliphatic hydroxyl groups excluding tert-OH is 1. The van der Waals surface area contributed by atoms with Gasteiger partial charge in [0.25, 0.3) is 0 Å². The van der Waals surface area contributed by atoms with E-state index in [1.165, 1.54) is 0 Å². The van der Waals surface area contributed by atoms with Gasteiger partial charge in [-0.2, -0.15) is 0 Å². The minimum atomic E-state index is 0.113. The molecule has 0 spiro atoms. The molecule has 0 radical (unpaired) electrons. The van der Waals surface area contributed by atoms with E-state index in [0.717, 1.165) is 27.7 Å². The molecule has 0 bridgehead atoms. The molecule has 1 aromatic heterocycles. The molecule has 3 aromatic carbocycles. The van der Waals surface area contributed by atoms with Crippen LogP contribution in [0.15, 0.2) is 60.4 Å². The number of fused-ring (bicyclic) bond motifs is 2. The van der Waals surface area contributed by atoms with Gasteiger partial charge in [0.2, 0.25) is 0 Å². The number of aryl methyl sites for hydroxylation is 2. The van der Waals surface area contributed by atoms with Crippen LogP contribution in [0.1, 0.15) is 11.4 Å². The number of aliphatic hydroxyl groups is 1. The predicted octanol–water partition coefficient (Wildman–Crippen LogP) is 4.51. The van der Waals surface area contributed by atoms with Crippen molar-refractivity contribution in [3.8, 4) is 5.75 Å². The Bertz CT molecular complexity index is 1350. The van der Waals surface area contributed by atoms with Crippen molar-refractivity contribution in [2.24, 2.45) is 7.05 Å². The Balaban J connectivity index is 1.63. The van der Waals surface area contributed by atoms with Gasteiger partial charge in [-0.15, -0.1) is 0 Å². The van der Waals surface area contributed by atoms with Crippen LogP contribution < -0.4 is 4.90 Å². The monoisotopic (exact) mass is 384 g/mol. The second kappa shape index (κ2) is 6.10. The van der Waals surface area contributed by atoms with Crippen molar-refractivity contribution in [3.63, 3.8) is 0 Å². The average molecular weight is 384 g/mol. The number of hydrogen-bond acceptors (Lipinski definition) is 4. The van der Waals surface area contributed by atoms with Gasteiger partial charge in [0.05, 0.1) is 28.8 Å². The molecular formula is C23H20N4O2. The van der Waals surface area contributed by atoms with E-state index >= 15 is 0 Å². The van der Waals surface area contributed by atoms with E-state index in [1.54, 1.807) is 17.0 Å². The van der Waals surface area contributed by atoms with Crippen LogP contribution in [0.5, 0.6) is 5.75 Å². The van der Waals surface area contributed by atoms with Crippen LogP contribution in [0, 0.1) is 12.3 Å². The standard InChI is InChI=1S/C23H20N4O2/c1-13-9-10-18-16(11-13)25-23(26(18)2)21-20(29)12-27(22(21)24)17-7-3-6-15-14(17)5-4-8-19(15)28/h3-11,24,28-29H,12H2,1-2H3. The number of benzene rings is 3. The van der Waals surface area contributed by atoms with Crippen LogP contribution in [0.2, 0.25) is 0 Å². The molecule has 0 aliphatic carbocycles. The molecule has 0 atom stereocenters. The molecule has 5 rings (SSSR count). The van der Waals surface area contributed by atoms with Crippen molar-refractivity contribution < 1.29 is 10.2 Å². The molecule has 1 aliphatic rings. The lowest BCUT2D eigenvalue weighted by Crippen LogP contribution is -2.26. The first-order valence-electron chi connectivity index (χ1n) is 9.38. The van der Waals surface area contributed by atoms with Gasteiger partial charge in [0, 0.05) is 17.8 Å². The van der Waals surface area contributed by atoms with Gasteiger partial charge in [0.1, 0.15) is 23.2 Å². The van der Waals surface area contributed by atoms with Crippen molar-refractivity contribution in [2.45, 2.75) is 6.92 Å². The number of aromatic nitrogens is 2. The molecule has 3 N–H and O–H groups in total. The second-order valence-corrected chi connectivity index (χ2v) is 7.39. The molecule has 4 aromatic rings. The summed E-state index contributed by atoms with van der Waals surface area (Å²) in [5.41, 5.74) is 4.09. The van der Waals surface area contributed by atoms with Crippen LogP contribution in [0.4, 0.5) is 5.69 Å². The third-order valence-corrected chi connectivity index (χ3v) is 5.53. The third kappa shape index (κ3) is 2.49. The largest absolute Gasteiger partial charge is 0.509 e. The molecule has 144 valence electrons. The summed E-state index contributed by atoms with van der Waals surface area (Å²) in [6, 6.07) is 16.9. The fraction of sp³-hybridized carbons (Fsp3) is 0.130. The van der Waals surface area contributed by atoms with E-state index in [0.29, 0.717) is 16.8 Å². The smallest absolute Gasteiger partial charge is 0.148 e. The highest BCUT2D eigenvalue weighted by molar-refractivity contribution is 6.31. The van der Waals surface area contributed by atoms with Gasteiger partial charge in [-0.1, -0.05) is 30.3 Å². The minimum absolute atomic E-state index is 0.113. The number of hydrogen-bond donors (Lipinski definition) is 3. The zero-order valence-corrected chi connectivity index (χ0v) is 16.1. The highest BCUT2D eigenvalue weighted by Crippen LogP contribution is 2.37. The Morgan fingerprint density at radius 2 is 1.76 bits per heavy atom. The number of imidazole rings is 1. The fourth-order valence-corrected chi connectivity index (χ4v) is 4.07. The summed E-state index contributed by atoms with van der Waals surface area (Å²) in [5.74, 6) is 1.06. The first-order valence-corrected chi connectivity index (χ1v) is 9.38. The van der Waals surface area contributed by atoms with Crippen molar-refractivity contribution in [1.82, 2.24) is 9.55 Å². The van der Waals surface area contributed by atoms with E-state index in [4.69, 9.17) is 10.4 Å². The zero-order chi connectivity index (χ0) is 20.3. The number of aromatic hydroxyl groups is 1. The van der Waals surface area contributed by atoms with Crippen molar-refractivity contribution >= 4 is 38.9 Å². The first kappa shape index (κ1) is 17.3. The quantitative estimate of drug-likeness (QED) is 0.475. The second-order valence-electron chi connectivity index (χ2n) is 7.39. The first-order chi connectivity index (χ1) is 14.0. The van der Waals surface area contributed by atoms with Gasteiger partial charge in [-0.3, -0.25) is 5.41 Å². The van der Waals surface area contributed by atoms with Gasteiger partial charge >= 0.3 is 0 Å². The van der Waals surface area contributed by atoms with Crippen LogP contribution in [0.3, 0.4) is 0 Å². The SMILES string of the molecule is Cc1ccc2c(c1)nc(C1=C(O)CN(c3cccc4c(O)cccc34)C1=N)n2C. The van der Waals surface area contributed by atoms with Crippen molar-refractivity contribution in [3.05, 3.63) is 71.7 Å². The maximum absolute atomic E-state index is 10.8. The lowest BCUT2D eigenvalue weighted by molar-refractivity contribution is 0.411. The minimum Gasteiger partial charge on any atom is -0.509 e. The number of nitrogens with zero attached hydrogens (tertiary/aromatic N) is 3. The Morgan fingerprint density at radius 1 is 1.00 bits per heavy atom. The highest BCUT2D eigenvalue weighted by atomic mass is 16.3. The molecule has 0 unspecified atom stereocenters. The Hall–Kier alpha value is -3.80. The van der Waals surface area contributed by atoms with Crippen LogP contribution in [0.25, 0.3) is 27.4 Å². The summed E-state index contributed by atoms with van der Waals surface area (Å²) in [5, 5.41) is 31.3. The Kier molecular flexibility index (Phi) is 3.64. The van der Waals surface area contributed by atoms with Crippen molar-refractivity contribution in [1.29, 1.82) is 5.41 Å². The molecule has 6 heteroatoms. The summed E-state index contributed by atoms with van der Waals surface area (Å²) in [7, 11) is 1.90. The van der Waals surface area contributed by atoms with E-state index in [1.807, 2.05) is 61.0 Å². The number of amidine groups is 1. The number of rotatable bonds is 2. The fourth-order valence-electron chi connectivity index (χ4n) is 4.07. The van der Waals surface area contributed by atoms with E-state index in [9.17, 15) is 10.2 Å². The molecule has 29 heavy (non-hydrogen) atoms. The molecule has 2 heterocycles. The molecule has 1 aliphatic heterocycles. The molecule has 0 amide bonds. The lowest BCUT2D eigenvalue weighted by Gasteiger charge is -2.21. The molecule has 0 saturated heterocycles. The summed E-state index contributed by atoms with van der Waals surface area (Å²) in [6.07, 6.45) is 0. The number of nitrogens with one attached hydrogen (secondary N) is 1. The highest BCUT2D eigenvalue weighted by Gasteiger charge is 2.33. The van der Waals surface area contributed by atoms with E-state index < -0.39 is 0 Å². The summed E-state index contributed by atoms with van der Waals surface area (Å²) in [4.78, 5) is 6.45. The number of anilines is 1. The number of phenolic OH excluding ortho intramolecular Hbond substituents is 1. The van der Waals surface area contributed by atoms with Crippen molar-refractivity contribution in [2.75, 3.05) is 11.4 Å². The van der Waals surface area contributed by atoms with Gasteiger partial charge in [-0.25, -0.2) is 4.98 Å². The van der Waals surface area contributed by atoms with E-state index in [-0.39, 0.29) is 23.9 Å². The van der Waals surface area contributed by atoms with Gasteiger partial charge < -0.3 is 19.7 Å². The van der Waals surface area contributed by atoms with Gasteiger partial charge in [-0.05, 0) is 36.8 Å². The maximum atomic E-state index is 10.8. The summed E-state index contributed by atoms with van der Waals surface area (Å²) < 4.78 is 1.91. The topological polar surface area (TPSA) is 85.4 Å². The summed E-state index contributed by atoms with van der Waals surface area (Å²) >= 11 is 0. The van der Waals surface area contributed by atoms with Crippen LogP contribution in [-0.2, 0) is 7.05 Å². The third-order valence-electron chi connectivity index (χ3n) is 5.53. The zero-order valence-electron chi connectivity index (χ0n) is 16.1. The maximum Gasteiger partial charge on any atom is 0.148 e. The molecular weight excluding hydrogens is 364 g/mol. The molecule has 6 nitrogen and oxygen atoms in total. The Labute approximate surface area is 167 Å². The lowest BCUT2D eigenvalue weighted by atomic mass is 10.1. The van der Waals surface area contributed by atoms with Crippen LogP contribution in [-0.4, -0.2) is 32.1 Å². The number of phenols is 1. The van der Waals surface area contributed by atoms with Crippen LogP contribution >= 0.6 is 0 Å².